The molecule has 1 aliphatic heterocycles. The first kappa shape index (κ1) is 21.0. The summed E-state index contributed by atoms with van der Waals surface area (Å²) in [5, 5.41) is 0. The number of ether oxygens (including phenoxy) is 5. The smallest absolute Gasteiger partial charge is 0.338 e. The highest BCUT2D eigenvalue weighted by Gasteiger charge is 2.48. The van der Waals surface area contributed by atoms with Gasteiger partial charge in [0.15, 0.2) is 12.1 Å². The summed E-state index contributed by atoms with van der Waals surface area (Å²) in [4.78, 5) is 23.1. The number of alkyl halides is 1. The zero-order valence-corrected chi connectivity index (χ0v) is 16.5. The monoisotopic (exact) mass is 430 g/mol. The normalized spacial score (nSPS) is 24.0. The number of carbonyl (C=O) groups excluding carboxylic acids is 2. The van der Waals surface area contributed by atoms with Crippen LogP contribution in [-0.2, 0) is 28.5 Å². The number of esters is 1. The number of aldehydes is 1. The molecule has 4 atom stereocenters. The molecule has 1 heterocycles. The van der Waals surface area contributed by atoms with Gasteiger partial charge in [0.2, 0.25) is 0 Å². The summed E-state index contributed by atoms with van der Waals surface area (Å²) >= 11 is 3.48. The molecule has 2 rings (SSSR count). The van der Waals surface area contributed by atoms with Crippen molar-refractivity contribution >= 4 is 28.2 Å². The highest BCUT2D eigenvalue weighted by Crippen LogP contribution is 2.34. The molecule has 7 nitrogen and oxygen atoms in total. The van der Waals surface area contributed by atoms with Crippen molar-refractivity contribution < 1.29 is 33.3 Å². The van der Waals surface area contributed by atoms with Crippen molar-refractivity contribution in [3.8, 4) is 0 Å². The molecule has 0 saturated carbocycles. The quantitative estimate of drug-likeness (QED) is 0.257. The molecule has 1 aromatic rings. The van der Waals surface area contributed by atoms with Crippen LogP contribution in [0.3, 0.4) is 0 Å². The van der Waals surface area contributed by atoms with E-state index >= 15 is 0 Å². The number of benzene rings is 1. The largest absolute Gasteiger partial charge is 0.461 e. The maximum Gasteiger partial charge on any atom is 0.338 e. The molecule has 0 aromatic heterocycles. The van der Waals surface area contributed by atoms with Crippen LogP contribution in [0.5, 0.6) is 0 Å². The summed E-state index contributed by atoms with van der Waals surface area (Å²) < 4.78 is 27.3. The minimum Gasteiger partial charge on any atom is -0.461 e. The van der Waals surface area contributed by atoms with E-state index in [9.17, 15) is 9.59 Å². The van der Waals surface area contributed by atoms with Gasteiger partial charge in [-0.1, -0.05) is 34.1 Å². The van der Waals surface area contributed by atoms with Crippen LogP contribution < -0.4 is 0 Å². The van der Waals surface area contributed by atoms with E-state index < -0.39 is 34.9 Å². The van der Waals surface area contributed by atoms with Crippen LogP contribution in [0, 0.1) is 0 Å². The van der Waals surface area contributed by atoms with E-state index in [-0.39, 0.29) is 13.4 Å². The second-order valence-corrected chi connectivity index (χ2v) is 7.40. The predicted octanol–water partition coefficient (Wildman–Crippen LogP) is 2.32. The summed E-state index contributed by atoms with van der Waals surface area (Å²) in [7, 11) is 1.46. The van der Waals surface area contributed by atoms with Crippen molar-refractivity contribution in [2.45, 2.75) is 42.8 Å². The Kier molecular flexibility index (Phi) is 7.72. The highest BCUT2D eigenvalue weighted by molar-refractivity contribution is 9.09. The Balaban J connectivity index is 2.00. The van der Waals surface area contributed by atoms with Crippen molar-refractivity contribution in [1.29, 1.82) is 0 Å². The zero-order valence-electron chi connectivity index (χ0n) is 14.9. The molecule has 0 amide bonds. The fourth-order valence-electron chi connectivity index (χ4n) is 2.62. The number of hydrogen-bond acceptors (Lipinski definition) is 7. The Labute approximate surface area is 161 Å². The SMILES string of the molecule is COCOC(C=O)C1OC(C)(C)OC1C(Br)COC(=O)c1ccccc1. The number of halogens is 1. The molecule has 1 fully saturated rings. The van der Waals surface area contributed by atoms with Crippen LogP contribution >= 0.6 is 15.9 Å². The van der Waals surface area contributed by atoms with Gasteiger partial charge in [-0.2, -0.15) is 0 Å². The Morgan fingerprint density at radius 2 is 1.92 bits per heavy atom. The lowest BCUT2D eigenvalue weighted by Crippen LogP contribution is -2.44. The van der Waals surface area contributed by atoms with Crippen molar-refractivity contribution in [2.75, 3.05) is 20.5 Å². The van der Waals surface area contributed by atoms with E-state index in [4.69, 9.17) is 23.7 Å². The van der Waals surface area contributed by atoms with E-state index in [1.807, 2.05) is 6.07 Å². The molecule has 0 bridgehead atoms. The van der Waals surface area contributed by atoms with Gasteiger partial charge in [-0.25, -0.2) is 4.79 Å². The fourth-order valence-corrected chi connectivity index (χ4v) is 3.16. The van der Waals surface area contributed by atoms with Crippen LogP contribution in [0.4, 0.5) is 0 Å². The second kappa shape index (κ2) is 9.57. The van der Waals surface area contributed by atoms with Crippen LogP contribution in [0.1, 0.15) is 24.2 Å². The van der Waals surface area contributed by atoms with Gasteiger partial charge in [0.25, 0.3) is 0 Å². The molecule has 1 aliphatic rings. The summed E-state index contributed by atoms with van der Waals surface area (Å²) in [6.07, 6.45) is -1.44. The lowest BCUT2D eigenvalue weighted by atomic mass is 10.1. The topological polar surface area (TPSA) is 80.3 Å². The van der Waals surface area contributed by atoms with Crippen LogP contribution in [0.25, 0.3) is 0 Å². The summed E-state index contributed by atoms with van der Waals surface area (Å²) in [5.74, 6) is -1.34. The van der Waals surface area contributed by atoms with Gasteiger partial charge in [0.05, 0.1) is 10.4 Å². The standard InChI is InChI=1S/C18H23BrO7/c1-18(2)25-15(16(26-18)14(9-20)24-11-22-3)13(19)10-23-17(21)12-7-5-4-6-8-12/h4-9,13-16H,10-11H2,1-3H3. The number of hydrogen-bond donors (Lipinski definition) is 0. The van der Waals surface area contributed by atoms with Crippen LogP contribution in [0.15, 0.2) is 30.3 Å². The molecule has 4 unspecified atom stereocenters. The predicted molar refractivity (Wildman–Crippen MR) is 96.1 cm³/mol. The van der Waals surface area contributed by atoms with Gasteiger partial charge in [-0.05, 0) is 26.0 Å². The second-order valence-electron chi connectivity index (χ2n) is 6.22. The maximum absolute atomic E-state index is 12.1. The van der Waals surface area contributed by atoms with Gasteiger partial charge in [-0.15, -0.1) is 0 Å². The molecule has 0 radical (unpaired) electrons. The molecule has 0 N–H and O–H groups in total. The minimum absolute atomic E-state index is 0.0458. The van der Waals surface area contributed by atoms with Crippen LogP contribution in [0.2, 0.25) is 0 Å². The first-order chi connectivity index (χ1) is 12.4. The van der Waals surface area contributed by atoms with Crippen LogP contribution in [-0.4, -0.2) is 61.7 Å². The number of carbonyl (C=O) groups is 2. The van der Waals surface area contributed by atoms with E-state index in [2.05, 4.69) is 15.9 Å². The minimum atomic E-state index is -0.900. The third kappa shape index (κ3) is 5.59. The molecule has 0 spiro atoms. The van der Waals surface area contributed by atoms with Gasteiger partial charge >= 0.3 is 5.97 Å². The maximum atomic E-state index is 12.1. The molecule has 1 aromatic carbocycles. The highest BCUT2D eigenvalue weighted by atomic mass is 79.9. The lowest BCUT2D eigenvalue weighted by Gasteiger charge is -2.25. The summed E-state index contributed by atoms with van der Waals surface area (Å²) in [6.45, 7) is 3.48. The zero-order chi connectivity index (χ0) is 19.2. The molecule has 8 heteroatoms. The Hall–Kier alpha value is -1.32. The summed E-state index contributed by atoms with van der Waals surface area (Å²) in [6, 6.07) is 8.69. The Bertz CT molecular complexity index is 592. The van der Waals surface area contributed by atoms with Gasteiger partial charge in [0, 0.05) is 7.11 Å². The van der Waals surface area contributed by atoms with Crippen molar-refractivity contribution in [1.82, 2.24) is 0 Å². The molecular weight excluding hydrogens is 408 g/mol. The number of methoxy groups -OCH3 is 1. The van der Waals surface area contributed by atoms with Gasteiger partial charge in [-0.3, -0.25) is 0 Å². The van der Waals surface area contributed by atoms with E-state index in [0.717, 1.165) is 0 Å². The average molecular weight is 431 g/mol. The lowest BCUT2D eigenvalue weighted by molar-refractivity contribution is -0.170. The third-order valence-electron chi connectivity index (χ3n) is 3.74. The van der Waals surface area contributed by atoms with Gasteiger partial charge < -0.3 is 28.5 Å². The van der Waals surface area contributed by atoms with E-state index in [1.165, 1.54) is 7.11 Å². The first-order valence-electron chi connectivity index (χ1n) is 8.15. The molecule has 0 aliphatic carbocycles. The van der Waals surface area contributed by atoms with Crippen molar-refractivity contribution in [3.63, 3.8) is 0 Å². The Morgan fingerprint density at radius 3 is 2.54 bits per heavy atom. The molecular formula is C18H23BrO7. The molecule has 26 heavy (non-hydrogen) atoms. The van der Waals surface area contributed by atoms with Gasteiger partial charge in [0.1, 0.15) is 31.7 Å². The third-order valence-corrected chi connectivity index (χ3v) is 4.52. The summed E-state index contributed by atoms with van der Waals surface area (Å²) in [5.41, 5.74) is 0.460. The molecule has 144 valence electrons. The van der Waals surface area contributed by atoms with Crippen molar-refractivity contribution in [2.24, 2.45) is 0 Å². The first-order valence-corrected chi connectivity index (χ1v) is 9.07. The number of rotatable bonds is 9. The van der Waals surface area contributed by atoms with Crippen molar-refractivity contribution in [3.05, 3.63) is 35.9 Å². The Morgan fingerprint density at radius 1 is 1.27 bits per heavy atom. The van der Waals surface area contributed by atoms with E-state index in [0.29, 0.717) is 11.8 Å². The molecule has 1 saturated heterocycles. The average Bonchev–Trinajstić information content (AvgIpc) is 2.96. The fraction of sp³-hybridized carbons (Fsp3) is 0.556. The van der Waals surface area contributed by atoms with E-state index in [1.54, 1.807) is 38.1 Å².